The number of amides is 1. The molecule has 4 aromatic rings. The Morgan fingerprint density at radius 2 is 1.70 bits per heavy atom. The number of nitrogens with zero attached hydrogens (tertiary/aromatic N) is 2. The number of benzene rings is 2. The van der Waals surface area contributed by atoms with Crippen LogP contribution in [0.25, 0.3) is 22.3 Å². The highest BCUT2D eigenvalue weighted by Crippen LogP contribution is 2.47. The Morgan fingerprint density at radius 3 is 2.40 bits per heavy atom. The highest BCUT2D eigenvalue weighted by Gasteiger charge is 2.52. The molecule has 0 saturated carbocycles. The molecule has 1 aliphatic carbocycles. The number of aromatic nitrogens is 2. The van der Waals surface area contributed by atoms with E-state index >= 15 is 4.39 Å². The fourth-order valence-electron chi connectivity index (χ4n) is 10.1. The summed E-state index contributed by atoms with van der Waals surface area (Å²) in [4.78, 5) is 95.7. The zero-order valence-corrected chi connectivity index (χ0v) is 36.9. The molecular weight excluding hydrogens is 882 g/mol. The van der Waals surface area contributed by atoms with Crippen LogP contribution in [0.4, 0.5) is 9.18 Å². The van der Waals surface area contributed by atoms with Crippen LogP contribution in [-0.4, -0.2) is 86.9 Å². The van der Waals surface area contributed by atoms with Gasteiger partial charge in [-0.1, -0.05) is 25.1 Å². The Balaban J connectivity index is 1.09. The molecule has 4 aliphatic rings. The van der Waals surface area contributed by atoms with Gasteiger partial charge in [0, 0.05) is 46.4 Å². The van der Waals surface area contributed by atoms with Crippen LogP contribution in [-0.2, 0) is 79.4 Å². The van der Waals surface area contributed by atoms with Crippen molar-refractivity contribution < 1.29 is 76.9 Å². The van der Waals surface area contributed by atoms with Crippen molar-refractivity contribution >= 4 is 46.8 Å². The summed E-state index contributed by atoms with van der Waals surface area (Å²) in [5.41, 5.74) is 1.15. The fourth-order valence-corrected chi connectivity index (χ4v) is 10.1. The summed E-state index contributed by atoms with van der Waals surface area (Å²) in [7, 11) is 1.06. The van der Waals surface area contributed by atoms with Gasteiger partial charge in [-0.05, 0) is 67.9 Å². The number of aliphatic hydroxyl groups is 1. The van der Waals surface area contributed by atoms with Gasteiger partial charge in [-0.2, -0.15) is 0 Å². The Hall–Kier alpha value is -6.93. The zero-order valence-electron chi connectivity index (χ0n) is 36.9. The van der Waals surface area contributed by atoms with E-state index < -0.39 is 115 Å². The molecule has 0 bridgehead atoms. The predicted molar refractivity (Wildman–Crippen MR) is 228 cm³/mol. The molecular formula is C47H48FN3O16. The molecule has 2 aromatic carbocycles. The molecule has 20 heteroatoms. The van der Waals surface area contributed by atoms with Crippen LogP contribution < -0.4 is 15.6 Å². The SMILES string of the molecule is CCOC(=O)CC1C(Oc2ccccc2COC(=O)N[C@H]2CCc3c(C)c(F)cc4nc5c(c2c34)Cn2c-5cc3c(c2=O)COC(=O)[C@]3(O)CC)OC(C(=O)OC)C(CC(=O)O)C1CC(=O)O. The van der Waals surface area contributed by atoms with Gasteiger partial charge in [0.2, 0.25) is 6.29 Å². The third-order valence-electron chi connectivity index (χ3n) is 13.3. The molecule has 1 amide bonds. The number of cyclic esters (lactones) is 1. The van der Waals surface area contributed by atoms with E-state index in [0.29, 0.717) is 51.9 Å². The summed E-state index contributed by atoms with van der Waals surface area (Å²) in [6, 6.07) is 8.42. The van der Waals surface area contributed by atoms with E-state index in [9.17, 15) is 48.9 Å². The molecule has 3 aliphatic heterocycles. The molecule has 0 spiro atoms. The second kappa shape index (κ2) is 18.4. The number of aliphatic carboxylic acids is 2. The molecule has 2 aromatic heterocycles. The first-order valence-corrected chi connectivity index (χ1v) is 21.8. The largest absolute Gasteiger partial charge is 0.481 e. The van der Waals surface area contributed by atoms with E-state index in [1.54, 1.807) is 45.0 Å². The molecule has 67 heavy (non-hydrogen) atoms. The minimum absolute atomic E-state index is 0.00814. The van der Waals surface area contributed by atoms with Crippen molar-refractivity contribution in [2.45, 2.75) is 103 Å². The summed E-state index contributed by atoms with van der Waals surface area (Å²) >= 11 is 0. The molecule has 5 unspecified atom stereocenters. The number of ether oxygens (including phenoxy) is 6. The van der Waals surface area contributed by atoms with E-state index in [1.165, 1.54) is 16.7 Å². The quantitative estimate of drug-likeness (QED) is 0.0884. The normalized spacial score (nSPS) is 23.5. The number of pyridine rings is 2. The lowest BCUT2D eigenvalue weighted by molar-refractivity contribution is -0.234. The lowest BCUT2D eigenvalue weighted by Gasteiger charge is -2.45. The minimum atomic E-state index is -2.07. The number of carboxylic acids is 2. The van der Waals surface area contributed by atoms with E-state index in [4.69, 9.17) is 33.4 Å². The molecule has 0 radical (unpaired) electrons. The second-order valence-electron chi connectivity index (χ2n) is 17.0. The number of esters is 3. The molecule has 1 saturated heterocycles. The van der Waals surface area contributed by atoms with Crippen molar-refractivity contribution in [1.82, 2.24) is 14.9 Å². The average molecular weight is 930 g/mol. The Kier molecular flexibility index (Phi) is 12.8. The van der Waals surface area contributed by atoms with Crippen molar-refractivity contribution in [3.05, 3.63) is 91.5 Å². The number of rotatable bonds is 14. The topological polar surface area (TPSA) is 265 Å². The number of fused-ring (bicyclic) bond motifs is 5. The Morgan fingerprint density at radius 1 is 0.970 bits per heavy atom. The van der Waals surface area contributed by atoms with Crippen LogP contribution in [0.3, 0.4) is 0 Å². The number of carbonyl (C=O) groups excluding carboxylic acids is 4. The van der Waals surface area contributed by atoms with Gasteiger partial charge in [-0.15, -0.1) is 0 Å². The number of methoxy groups -OCH3 is 1. The van der Waals surface area contributed by atoms with Crippen LogP contribution in [0.15, 0.2) is 41.2 Å². The van der Waals surface area contributed by atoms with Crippen LogP contribution in [0, 0.1) is 30.5 Å². The lowest BCUT2D eigenvalue weighted by atomic mass is 9.71. The number of carbonyl (C=O) groups is 6. The summed E-state index contributed by atoms with van der Waals surface area (Å²) < 4.78 is 50.4. The van der Waals surface area contributed by atoms with Crippen molar-refractivity contribution in [3.63, 3.8) is 0 Å². The average Bonchev–Trinajstić information content (AvgIpc) is 3.66. The van der Waals surface area contributed by atoms with Gasteiger partial charge >= 0.3 is 35.9 Å². The van der Waals surface area contributed by atoms with Crippen LogP contribution in [0.1, 0.15) is 90.9 Å². The van der Waals surface area contributed by atoms with Gasteiger partial charge in [0.15, 0.2) is 11.7 Å². The number of nitrogens with one attached hydrogen (secondary N) is 1. The van der Waals surface area contributed by atoms with Gasteiger partial charge < -0.3 is 53.6 Å². The fraction of sp³-hybridized carbons (Fsp3) is 0.447. The van der Waals surface area contributed by atoms with Gasteiger partial charge in [0.25, 0.3) is 5.56 Å². The summed E-state index contributed by atoms with van der Waals surface area (Å²) in [5.74, 6) is -9.21. The number of aryl methyl sites for hydroxylation is 1. The van der Waals surface area contributed by atoms with Crippen molar-refractivity contribution in [1.29, 1.82) is 0 Å². The maximum Gasteiger partial charge on any atom is 0.407 e. The van der Waals surface area contributed by atoms with Crippen molar-refractivity contribution in [2.24, 2.45) is 17.8 Å². The van der Waals surface area contributed by atoms with Crippen molar-refractivity contribution in [2.75, 3.05) is 13.7 Å². The van der Waals surface area contributed by atoms with Crippen LogP contribution in [0.2, 0.25) is 0 Å². The standard InChI is InChI=1S/C47H48FN3O16/c1-5-47(61)29-16-33-40-27(18-51(33)42(57)28(29)20-64-45(47)59)39-31(12-11-23-21(3)30(48)17-32(49-40)38(23)39)50-46(60)65-19-22-9-7-8-10-34(22)66-44-26(15-37(56)63-6-2)24(13-35(52)53)25(14-36(54)55)41(67-44)43(58)62-4/h7-10,16-17,24-26,31,41,44,61H,5-6,11-15,18-20H2,1-4H3,(H,50,60)(H,52,53)(H,54,55)/t24?,25?,26?,31-,41?,44?,47-/m0/s1. The third kappa shape index (κ3) is 8.43. The number of carboxylic acid groups (broad SMARTS) is 2. The van der Waals surface area contributed by atoms with E-state index in [0.717, 1.165) is 7.11 Å². The van der Waals surface area contributed by atoms with Gasteiger partial charge in [-0.3, -0.25) is 19.2 Å². The summed E-state index contributed by atoms with van der Waals surface area (Å²) in [6.07, 6.45) is -5.18. The summed E-state index contributed by atoms with van der Waals surface area (Å²) in [6.45, 7) is 4.10. The van der Waals surface area contributed by atoms with E-state index in [2.05, 4.69) is 5.32 Å². The number of halogens is 1. The number of hydrogen-bond donors (Lipinski definition) is 4. The monoisotopic (exact) mass is 929 g/mol. The zero-order chi connectivity index (χ0) is 48.1. The first kappa shape index (κ1) is 46.6. The first-order valence-electron chi connectivity index (χ1n) is 21.8. The summed E-state index contributed by atoms with van der Waals surface area (Å²) in [5, 5.41) is 34.7. The first-order chi connectivity index (χ1) is 32.0. The van der Waals surface area contributed by atoms with Gasteiger partial charge in [-0.25, -0.2) is 23.8 Å². The predicted octanol–water partition coefficient (Wildman–Crippen LogP) is 4.47. The number of para-hydroxylation sites is 1. The Labute approximate surface area is 381 Å². The highest BCUT2D eigenvalue weighted by molar-refractivity contribution is 5.94. The molecule has 354 valence electrons. The molecule has 4 N–H and O–H groups in total. The maximum atomic E-state index is 15.5. The molecule has 7 atom stereocenters. The third-order valence-corrected chi connectivity index (χ3v) is 13.3. The molecule has 5 heterocycles. The van der Waals surface area contributed by atoms with Crippen LogP contribution >= 0.6 is 0 Å². The minimum Gasteiger partial charge on any atom is -0.481 e. The van der Waals surface area contributed by atoms with E-state index in [-0.39, 0.29) is 54.1 Å². The Bertz CT molecular complexity index is 2790. The smallest absolute Gasteiger partial charge is 0.407 e. The highest BCUT2D eigenvalue weighted by atomic mass is 19.1. The maximum absolute atomic E-state index is 15.5. The van der Waals surface area contributed by atoms with Gasteiger partial charge in [0.1, 0.15) is 24.8 Å². The lowest BCUT2D eigenvalue weighted by Crippen LogP contribution is -2.54. The second-order valence-corrected chi connectivity index (χ2v) is 17.0. The number of hydrogen-bond acceptors (Lipinski definition) is 15. The number of alkyl carbamates (subject to hydrolysis) is 1. The molecule has 19 nitrogen and oxygen atoms in total. The molecule has 8 rings (SSSR count). The van der Waals surface area contributed by atoms with Crippen LogP contribution in [0.5, 0.6) is 5.75 Å². The van der Waals surface area contributed by atoms with E-state index in [1.807, 2.05) is 0 Å². The van der Waals surface area contributed by atoms with Gasteiger partial charge in [0.05, 0.1) is 61.6 Å². The van der Waals surface area contributed by atoms with Crippen molar-refractivity contribution in [3.8, 4) is 17.1 Å². The molecule has 1 fully saturated rings.